The minimum absolute atomic E-state index is 0. The minimum Gasteiger partial charge on any atom is -0.488 e. The summed E-state index contributed by atoms with van der Waals surface area (Å²) in [6.07, 6.45) is 0. The molecular weight excluding hydrogens is 2710 g/mol. The Kier molecular flexibility index (Phi) is 33.3. The van der Waals surface area contributed by atoms with Crippen LogP contribution in [0.25, 0.3) is 172 Å². The molecule has 23 aromatic rings. The van der Waals surface area contributed by atoms with E-state index >= 15 is 0 Å². The molecule has 0 amide bonds. The molecule has 0 N–H and O–H groups in total. The topological polar surface area (TPSA) is 314 Å². The van der Waals surface area contributed by atoms with Crippen LogP contribution in [0, 0.1) is 113 Å². The van der Waals surface area contributed by atoms with Crippen LogP contribution in [0.2, 0.25) is 0 Å². The number of para-hydroxylation sites is 3. The van der Waals surface area contributed by atoms with Crippen molar-refractivity contribution in [1.29, 1.82) is 0 Å². The van der Waals surface area contributed by atoms with Gasteiger partial charge in [-0.3, -0.25) is 19.9 Å². The summed E-state index contributed by atoms with van der Waals surface area (Å²) in [7, 11) is 2.00. The van der Waals surface area contributed by atoms with E-state index in [1.165, 1.54) is 27.8 Å². The first-order valence-electron chi connectivity index (χ1n) is 44.6. The summed E-state index contributed by atoms with van der Waals surface area (Å²) in [5.41, 5.74) is 32.8. The minimum atomic E-state index is 0. The Balaban J connectivity index is 0.000000141. The fraction of sp³-hybridized carbons (Fsp3) is 0.178. The molecule has 10 aromatic heterocycles. The van der Waals surface area contributed by atoms with Crippen LogP contribution < -0.4 is 0 Å². The van der Waals surface area contributed by atoms with E-state index in [1.807, 2.05) is 153 Å². The van der Waals surface area contributed by atoms with Crippen molar-refractivity contribution in [3.8, 4) is 119 Å². The third-order valence-electron chi connectivity index (χ3n) is 23.6. The summed E-state index contributed by atoms with van der Waals surface area (Å²) < 4.78 is 24.4. The predicted molar refractivity (Wildman–Crippen MR) is 534 cm³/mol. The van der Waals surface area contributed by atoms with E-state index in [0.29, 0.717) is 63.9 Å². The van der Waals surface area contributed by atoms with E-state index in [9.17, 15) is 0 Å². The second-order valence-corrected chi connectivity index (χ2v) is 36.5. The third kappa shape index (κ3) is 21.7. The summed E-state index contributed by atoms with van der Waals surface area (Å²) in [5.74, 6) is 6.13. The van der Waals surface area contributed by atoms with E-state index in [0.717, 1.165) is 170 Å². The van der Waals surface area contributed by atoms with Crippen molar-refractivity contribution in [2.24, 2.45) is 7.05 Å². The largest absolute Gasteiger partial charge is 0.488 e. The van der Waals surface area contributed by atoms with Gasteiger partial charge in [0.1, 0.15) is 29.1 Å². The van der Waals surface area contributed by atoms with E-state index in [2.05, 4.69) is 341 Å². The average Bonchev–Trinajstić information content (AvgIpc) is 1.51. The molecule has 0 aliphatic heterocycles. The SMILES string of the molecule is Cc1cc(C)c(-n2nnnc2-c2[c-]cc3oc(C)nc3c2)c(C)c1.Cc1nc2c[c-]c(-c3nnnn3-c3c(C(C)C)cccc3C(C)C)cc2o1.Cc1nc2c[c-]c(-c3nnnn3-c3c(C)cc(-c4ccccc4)cc3C)cc2s1.Cc1nc2cc(-c3nnnn3-c3c(-c4ccccc4)cccc3-c3ccccc3)[c-]cc2n1C.Cc1nc2cc(-c3nnnn3-c3c(C)cccc3C)[c-]cc2s1.[Ir].[Ir].[Ir].[Ir].[Ir]. The normalized spacial score (nSPS) is 11.0. The molecule has 142 heavy (non-hydrogen) atoms. The van der Waals surface area contributed by atoms with Crippen LogP contribution in [-0.2, 0) is 108 Å². The Morgan fingerprint density at radius 3 is 1.18 bits per heavy atom. The number of nitrogens with zero attached hydrogens (tertiary/aromatic N) is 26. The van der Waals surface area contributed by atoms with Gasteiger partial charge in [-0.2, -0.15) is 36.8 Å². The number of rotatable bonds is 15. The Labute approximate surface area is 894 Å². The zero-order chi connectivity index (χ0) is 95.0. The van der Waals surface area contributed by atoms with Crippen molar-refractivity contribution in [2.75, 3.05) is 0 Å². The number of tetrazole rings is 5. The molecule has 0 fully saturated rings. The molecule has 5 radical (unpaired) electrons. The number of oxazole rings is 2. The number of aryl methyl sites for hydroxylation is 13. The molecule has 0 saturated heterocycles. The monoisotopic (exact) mass is 2800 g/mol. The van der Waals surface area contributed by atoms with Gasteiger partial charge in [0.25, 0.3) is 0 Å². The fourth-order valence-corrected chi connectivity index (χ4v) is 19.0. The van der Waals surface area contributed by atoms with Crippen molar-refractivity contribution >= 4 is 76.3 Å². The van der Waals surface area contributed by atoms with E-state index < -0.39 is 0 Å². The maximum absolute atomic E-state index is 5.67. The number of benzene rings is 13. The summed E-state index contributed by atoms with van der Waals surface area (Å²) >= 11 is 3.32. The second kappa shape index (κ2) is 45.3. The molecule has 10 heterocycles. The second-order valence-electron chi connectivity index (χ2n) is 34.1. The number of hydrogen-bond acceptors (Lipinski definition) is 24. The molecule has 0 saturated carbocycles. The van der Waals surface area contributed by atoms with Gasteiger partial charge in [-0.25, -0.2) is 28.4 Å². The molecule has 0 bridgehead atoms. The van der Waals surface area contributed by atoms with Crippen molar-refractivity contribution in [1.82, 2.24) is 131 Å². The summed E-state index contributed by atoms with van der Waals surface area (Å²) in [6.45, 7) is 32.9. The molecule has 0 aliphatic carbocycles. The molecular formula is C107H91Ir5N26O2S2-5. The Bertz CT molecular complexity index is 8260. The van der Waals surface area contributed by atoms with E-state index in [-0.39, 0.29) is 101 Å². The number of thiazole rings is 2. The van der Waals surface area contributed by atoms with E-state index in [4.69, 9.17) is 8.83 Å². The van der Waals surface area contributed by atoms with Gasteiger partial charge in [-0.15, -0.1) is 124 Å². The maximum Gasteiger partial charge on any atom is 0.180 e. The number of hydrogen-bond donors (Lipinski definition) is 0. The van der Waals surface area contributed by atoms with Gasteiger partial charge in [0, 0.05) is 149 Å². The summed E-state index contributed by atoms with van der Waals surface area (Å²) in [6, 6.07) is 94.1. The molecule has 723 valence electrons. The molecule has 0 aliphatic rings. The molecule has 23 rings (SSSR count). The molecule has 35 heteroatoms. The molecule has 28 nitrogen and oxygen atoms in total. The Morgan fingerprint density at radius 2 is 0.676 bits per heavy atom. The zero-order valence-electron chi connectivity index (χ0n) is 80.0. The van der Waals surface area contributed by atoms with Crippen LogP contribution in [0.15, 0.2) is 239 Å². The number of imidazole rings is 1. The van der Waals surface area contributed by atoms with Gasteiger partial charge in [-0.05, 0) is 238 Å². The van der Waals surface area contributed by atoms with Gasteiger partial charge in [0.15, 0.2) is 11.8 Å². The van der Waals surface area contributed by atoms with Crippen LogP contribution >= 0.6 is 22.7 Å². The van der Waals surface area contributed by atoms with Gasteiger partial charge in [0.2, 0.25) is 0 Å². The van der Waals surface area contributed by atoms with Crippen molar-refractivity contribution in [3.05, 3.63) is 339 Å². The molecule has 0 spiro atoms. The Morgan fingerprint density at radius 1 is 0.296 bits per heavy atom. The maximum atomic E-state index is 5.67. The van der Waals surface area contributed by atoms with Gasteiger partial charge < -0.3 is 13.4 Å². The molecule has 13 aromatic carbocycles. The first kappa shape index (κ1) is 104. The Hall–Kier alpha value is -13.4. The van der Waals surface area contributed by atoms with E-state index in [1.54, 1.807) is 38.1 Å². The van der Waals surface area contributed by atoms with Crippen LogP contribution in [0.4, 0.5) is 0 Å². The first-order chi connectivity index (χ1) is 66.4. The molecule has 0 atom stereocenters. The smallest absolute Gasteiger partial charge is 0.180 e. The summed E-state index contributed by atoms with van der Waals surface area (Å²) in [5, 5.41) is 64.6. The average molecular weight is 2800 g/mol. The predicted octanol–water partition coefficient (Wildman–Crippen LogP) is 23.0. The van der Waals surface area contributed by atoms with Gasteiger partial charge in [0.05, 0.1) is 55.4 Å². The van der Waals surface area contributed by atoms with Crippen LogP contribution in [0.5, 0.6) is 0 Å². The van der Waals surface area contributed by atoms with Crippen molar-refractivity contribution in [2.45, 2.75) is 123 Å². The molecule has 0 unspecified atom stereocenters. The number of fused-ring (bicyclic) bond motifs is 5. The van der Waals surface area contributed by atoms with Crippen LogP contribution in [-0.4, -0.2) is 131 Å². The number of aromatic nitrogens is 26. The van der Waals surface area contributed by atoms with Crippen molar-refractivity contribution < 1.29 is 109 Å². The fourth-order valence-electron chi connectivity index (χ4n) is 17.3. The summed E-state index contributed by atoms with van der Waals surface area (Å²) in [4.78, 5) is 22.4. The third-order valence-corrected chi connectivity index (χ3v) is 25.4. The quantitative estimate of drug-likeness (QED) is 0.0861. The zero-order valence-corrected chi connectivity index (χ0v) is 93.6. The van der Waals surface area contributed by atoms with Gasteiger partial charge >= 0.3 is 0 Å². The first-order valence-corrected chi connectivity index (χ1v) is 46.2. The van der Waals surface area contributed by atoms with Crippen LogP contribution in [0.1, 0.15) is 117 Å². The van der Waals surface area contributed by atoms with Crippen molar-refractivity contribution in [3.63, 3.8) is 0 Å². The standard InChI is InChI=1S/C28H21N6.C23H18N5S.C21H22N5O.C18H16N5O.C17H14N5S.5Ir/c1-19-29-25-18-22(16-17-26(25)33(19)2)28-30-31-32-34(28)27-23(20-10-5-3-6-11-20)14-9-15-24(27)21-12-7-4-8-13-21;1-14-11-19(17-7-5-4-6-8-17)12-15(2)22(14)28-23(25-26-27-28)18-9-10-20-21(13-18)29-16(3)24-20;1-12(2)16-7-6-8-17(13(3)4)20(16)26-21(23-24-25-26)15-9-10-18-19(11-15)27-14(5)22-18;1-10-7-11(2)17(12(3)8-10)23-18(20-21-22-23)14-5-6-16-15(9-14)19-13(4)24-16;1-10-5-4-6-11(2)16(10)22-17(19-20-21-22)13-7-8-15-14(9-13)18-12(3)23-15;;;;;/h3-15,17-18H,1-2H3;4-8,10-13H,1-3H3;6-8,10-13H,1-5H3;6-9H,1-4H3;4-6,8-9H,1-3H3;;;;;/q5*-1;;;;;. The van der Waals surface area contributed by atoms with Crippen LogP contribution in [0.3, 0.4) is 0 Å². The van der Waals surface area contributed by atoms with Gasteiger partial charge in [-0.1, -0.05) is 197 Å².